The molecule has 3 nitrogen and oxygen atoms in total. The largest absolute Gasteiger partial charge is 0.478 e. The zero-order chi connectivity index (χ0) is 30.5. The van der Waals surface area contributed by atoms with E-state index in [-0.39, 0.29) is 0 Å². The van der Waals surface area contributed by atoms with Crippen molar-refractivity contribution in [1.29, 1.82) is 0 Å². The zero-order valence-corrected chi connectivity index (χ0v) is 27.8. The number of carbonyl (C=O) groups is 1. The first-order valence-corrected chi connectivity index (χ1v) is 17.2. The van der Waals surface area contributed by atoms with Crippen LogP contribution in [-0.2, 0) is 0 Å². The number of fused-ring (bicyclic) bond motifs is 7. The second-order valence-corrected chi connectivity index (χ2v) is 16.1. The normalized spacial score (nSPS) is 42.2. The van der Waals surface area contributed by atoms with Crippen molar-refractivity contribution in [2.45, 2.75) is 119 Å². The molecule has 0 bridgehead atoms. The first-order chi connectivity index (χ1) is 19.9. The molecule has 0 spiro atoms. The van der Waals surface area contributed by atoms with Crippen LogP contribution in [0.5, 0.6) is 0 Å². The first kappa shape index (κ1) is 31.6. The Labute approximate surface area is 257 Å². The Morgan fingerprint density at radius 1 is 0.976 bits per heavy atom. The Morgan fingerprint density at radius 3 is 2.31 bits per heavy atom. The van der Waals surface area contributed by atoms with Crippen molar-refractivity contribution < 1.29 is 9.90 Å². The Morgan fingerprint density at radius 2 is 1.67 bits per heavy atom. The predicted molar refractivity (Wildman–Crippen MR) is 176 cm³/mol. The van der Waals surface area contributed by atoms with Crippen LogP contribution in [0.3, 0.4) is 0 Å². The number of carboxylic acid groups (broad SMARTS) is 1. The quantitative estimate of drug-likeness (QED) is 0.345. The number of benzene rings is 1. The Hall–Kier alpha value is -1.87. The van der Waals surface area contributed by atoms with Gasteiger partial charge in [-0.15, -0.1) is 6.58 Å². The van der Waals surface area contributed by atoms with E-state index < -0.39 is 5.97 Å². The van der Waals surface area contributed by atoms with Crippen molar-refractivity contribution in [2.24, 2.45) is 51.2 Å². The van der Waals surface area contributed by atoms with Gasteiger partial charge in [-0.1, -0.05) is 72.2 Å². The van der Waals surface area contributed by atoms with E-state index in [0.717, 1.165) is 17.8 Å². The van der Waals surface area contributed by atoms with E-state index in [1.54, 1.807) is 18.2 Å². The van der Waals surface area contributed by atoms with Crippen LogP contribution >= 0.6 is 0 Å². The third-order valence-electron chi connectivity index (χ3n) is 14.1. The Balaban J connectivity index is 0.00000113. The summed E-state index contributed by atoms with van der Waals surface area (Å²) in [6.07, 6.45) is 18.2. The molecule has 1 aromatic rings. The van der Waals surface area contributed by atoms with Crippen LogP contribution < -0.4 is 5.32 Å². The molecular formula is C39H59NO2. The van der Waals surface area contributed by atoms with Crippen LogP contribution in [-0.4, -0.2) is 23.7 Å². The molecule has 232 valence electrons. The molecule has 0 aliphatic heterocycles. The summed E-state index contributed by atoms with van der Waals surface area (Å²) in [5.74, 6) is 2.98. The van der Waals surface area contributed by atoms with E-state index >= 15 is 0 Å². The topological polar surface area (TPSA) is 49.3 Å². The van der Waals surface area contributed by atoms with Gasteiger partial charge in [0, 0.05) is 12.6 Å². The lowest BCUT2D eigenvalue weighted by Gasteiger charge is -2.71. The van der Waals surface area contributed by atoms with E-state index in [4.69, 9.17) is 0 Å². The van der Waals surface area contributed by atoms with E-state index in [2.05, 4.69) is 59.5 Å². The van der Waals surface area contributed by atoms with Crippen LogP contribution in [0.1, 0.15) is 129 Å². The highest BCUT2D eigenvalue weighted by Crippen LogP contribution is 2.76. The van der Waals surface area contributed by atoms with Crippen molar-refractivity contribution in [1.82, 2.24) is 5.32 Å². The highest BCUT2D eigenvalue weighted by molar-refractivity contribution is 5.88. The number of hydrogen-bond donors (Lipinski definition) is 2. The molecule has 9 atom stereocenters. The molecule has 2 N–H and O–H groups in total. The lowest BCUT2D eigenvalue weighted by Crippen LogP contribution is -2.64. The first-order valence-electron chi connectivity index (χ1n) is 17.2. The van der Waals surface area contributed by atoms with Gasteiger partial charge in [0.2, 0.25) is 0 Å². The van der Waals surface area contributed by atoms with Gasteiger partial charge in [-0.25, -0.2) is 4.79 Å². The van der Waals surface area contributed by atoms with Crippen molar-refractivity contribution >= 4 is 11.5 Å². The molecule has 8 unspecified atom stereocenters. The van der Waals surface area contributed by atoms with Crippen LogP contribution in [0.4, 0.5) is 0 Å². The molecule has 0 radical (unpaired) electrons. The number of aromatic carboxylic acids is 1. The lowest BCUT2D eigenvalue weighted by atomic mass is 9.33. The average Bonchev–Trinajstić information content (AvgIpc) is 3.37. The second-order valence-electron chi connectivity index (χ2n) is 16.1. The molecule has 4 fully saturated rings. The summed E-state index contributed by atoms with van der Waals surface area (Å²) in [5, 5.41) is 13.2. The van der Waals surface area contributed by atoms with Gasteiger partial charge in [-0.2, -0.15) is 0 Å². The summed E-state index contributed by atoms with van der Waals surface area (Å²) in [6.45, 7) is 21.7. The summed E-state index contributed by atoms with van der Waals surface area (Å²) in [6, 6.07) is 8.22. The van der Waals surface area contributed by atoms with E-state index in [9.17, 15) is 9.90 Å². The third kappa shape index (κ3) is 4.85. The molecule has 5 aliphatic rings. The number of nitrogens with one attached hydrogen (secondary N) is 1. The molecule has 5 aliphatic carbocycles. The standard InChI is InChI=1S/C36H53NO2.C3H6/c1-23(2)37-22-36-17-7-8-30(36)29-13-14-31-33(4)18-15-27(25-9-11-26(12-10-25)32(38)39)24(3)28(33)16-19-35(31,6)34(29,5)20-21-36;1-3-2/h9-12,15,23-24,28-31,37H,7-8,13-14,16-22H2,1-6H3,(H,38,39);3H,1H2,2H3/t24?,28?,29?,30?,31?,33?,34-,35?,36?;/m1./s1. The molecule has 0 aromatic heterocycles. The Kier molecular flexibility index (Phi) is 8.69. The molecule has 1 aromatic carbocycles. The fourth-order valence-electron chi connectivity index (χ4n) is 11.8. The summed E-state index contributed by atoms with van der Waals surface area (Å²) in [4.78, 5) is 11.4. The predicted octanol–water partition coefficient (Wildman–Crippen LogP) is 10.0. The second kappa shape index (κ2) is 11.6. The maximum atomic E-state index is 11.4. The summed E-state index contributed by atoms with van der Waals surface area (Å²) in [5.41, 5.74) is 4.84. The molecule has 42 heavy (non-hydrogen) atoms. The molecule has 0 saturated heterocycles. The van der Waals surface area contributed by atoms with Gasteiger partial charge in [-0.3, -0.25) is 0 Å². The van der Waals surface area contributed by atoms with E-state index in [0.29, 0.717) is 45.1 Å². The lowest BCUT2D eigenvalue weighted by molar-refractivity contribution is -0.217. The average molecular weight is 574 g/mol. The maximum absolute atomic E-state index is 11.4. The van der Waals surface area contributed by atoms with Gasteiger partial charge < -0.3 is 10.4 Å². The van der Waals surface area contributed by atoms with Gasteiger partial charge in [0.15, 0.2) is 0 Å². The van der Waals surface area contributed by atoms with Gasteiger partial charge in [0.25, 0.3) is 0 Å². The zero-order valence-electron chi connectivity index (χ0n) is 27.8. The third-order valence-corrected chi connectivity index (χ3v) is 14.1. The summed E-state index contributed by atoms with van der Waals surface area (Å²) >= 11 is 0. The van der Waals surface area contributed by atoms with Gasteiger partial charge in [0.1, 0.15) is 0 Å². The van der Waals surface area contributed by atoms with Crippen LogP contribution in [0.25, 0.3) is 5.57 Å². The van der Waals surface area contributed by atoms with Crippen LogP contribution in [0, 0.1) is 51.2 Å². The minimum Gasteiger partial charge on any atom is -0.478 e. The van der Waals surface area contributed by atoms with Crippen molar-refractivity contribution in [3.8, 4) is 0 Å². The van der Waals surface area contributed by atoms with Crippen LogP contribution in [0.15, 0.2) is 43.0 Å². The van der Waals surface area contributed by atoms with E-state index in [1.165, 1.54) is 81.9 Å². The fourth-order valence-corrected chi connectivity index (χ4v) is 11.8. The van der Waals surface area contributed by atoms with E-state index in [1.807, 2.05) is 19.1 Å². The van der Waals surface area contributed by atoms with Crippen molar-refractivity contribution in [3.05, 3.63) is 54.1 Å². The van der Waals surface area contributed by atoms with Crippen molar-refractivity contribution in [3.63, 3.8) is 0 Å². The number of allylic oxidation sites excluding steroid dienone is 3. The maximum Gasteiger partial charge on any atom is 0.335 e. The smallest absolute Gasteiger partial charge is 0.335 e. The number of carboxylic acids is 1. The Bertz CT molecular complexity index is 1180. The summed E-state index contributed by atoms with van der Waals surface area (Å²) in [7, 11) is 0. The van der Waals surface area contributed by atoms with Gasteiger partial charge in [0.05, 0.1) is 5.56 Å². The molecule has 0 heterocycles. The van der Waals surface area contributed by atoms with Crippen LogP contribution in [0.2, 0.25) is 0 Å². The van der Waals surface area contributed by atoms with Gasteiger partial charge in [-0.05, 0) is 139 Å². The molecule has 6 rings (SSSR count). The minimum atomic E-state index is -0.843. The molecular weight excluding hydrogens is 514 g/mol. The highest BCUT2D eigenvalue weighted by Gasteiger charge is 2.68. The highest BCUT2D eigenvalue weighted by atomic mass is 16.4. The fraction of sp³-hybridized carbons (Fsp3) is 0.718. The number of rotatable bonds is 5. The molecule has 0 amide bonds. The molecule has 4 saturated carbocycles. The molecule has 3 heteroatoms. The minimum absolute atomic E-state index is 0.355. The SMILES string of the molecule is C=CC.CC(C)NCC12CCCC1C1CCC3C4(C)CC=C(c5ccc(C(=O)O)cc5)C(C)C4CCC3(C)[C@]1(C)CC2. The summed E-state index contributed by atoms with van der Waals surface area (Å²) < 4.78 is 0. The monoisotopic (exact) mass is 573 g/mol. The van der Waals surface area contributed by atoms with Crippen molar-refractivity contribution in [2.75, 3.05) is 6.54 Å². The van der Waals surface area contributed by atoms with Gasteiger partial charge >= 0.3 is 5.97 Å². The number of hydrogen-bond acceptors (Lipinski definition) is 2.